The monoisotopic (exact) mass is 790 g/mol. The third-order valence-electron chi connectivity index (χ3n) is 12.0. The smallest absolute Gasteiger partial charge is 0.0541 e. The average molecular weight is 791 g/mol. The molecule has 0 aliphatic heterocycles. The molecule has 0 unspecified atom stereocenters. The van der Waals surface area contributed by atoms with Gasteiger partial charge in [0.05, 0.1) is 16.7 Å². The zero-order valence-electron chi connectivity index (χ0n) is 34.1. The lowest BCUT2D eigenvalue weighted by molar-refractivity contribution is 1.18. The molecule has 0 saturated heterocycles. The first-order chi connectivity index (χ1) is 30.8. The van der Waals surface area contributed by atoms with E-state index in [-0.39, 0.29) is 0 Å². The SMILES string of the molecule is c1ccc(-c2ccc(N(c3ccc(-c4ccc(-c5ccccc5)c(-c5ccccc5)c4)cc3)c3ccc(-c4ccccc4-n4c5ccccc5c5ccccc54)cc3)cc2)cc1. The molecule has 11 aromatic rings. The van der Waals surface area contributed by atoms with E-state index in [1.807, 2.05) is 0 Å². The van der Waals surface area contributed by atoms with Gasteiger partial charge in [0, 0.05) is 33.4 Å². The van der Waals surface area contributed by atoms with E-state index in [2.05, 4.69) is 264 Å². The van der Waals surface area contributed by atoms with Gasteiger partial charge in [-0.25, -0.2) is 0 Å². The highest BCUT2D eigenvalue weighted by Gasteiger charge is 2.18. The van der Waals surface area contributed by atoms with Gasteiger partial charge in [0.15, 0.2) is 0 Å². The van der Waals surface area contributed by atoms with Gasteiger partial charge in [-0.2, -0.15) is 0 Å². The van der Waals surface area contributed by atoms with Gasteiger partial charge < -0.3 is 9.47 Å². The molecule has 0 fully saturated rings. The number of aromatic nitrogens is 1. The quantitative estimate of drug-likeness (QED) is 0.141. The molecule has 1 heterocycles. The highest BCUT2D eigenvalue weighted by Crippen LogP contribution is 2.41. The largest absolute Gasteiger partial charge is 0.311 e. The second kappa shape index (κ2) is 16.1. The van der Waals surface area contributed by atoms with Crippen molar-refractivity contribution >= 4 is 38.9 Å². The summed E-state index contributed by atoms with van der Waals surface area (Å²) in [5, 5.41) is 2.52. The first-order valence-electron chi connectivity index (χ1n) is 21.3. The van der Waals surface area contributed by atoms with Gasteiger partial charge >= 0.3 is 0 Å². The van der Waals surface area contributed by atoms with Crippen LogP contribution in [-0.4, -0.2) is 4.57 Å². The zero-order chi connectivity index (χ0) is 41.2. The van der Waals surface area contributed by atoms with Crippen LogP contribution in [0.1, 0.15) is 0 Å². The Morgan fingerprint density at radius 1 is 0.242 bits per heavy atom. The lowest BCUT2D eigenvalue weighted by Crippen LogP contribution is -2.09. The van der Waals surface area contributed by atoms with Crippen LogP contribution in [0, 0.1) is 0 Å². The molecule has 10 aromatic carbocycles. The highest BCUT2D eigenvalue weighted by molar-refractivity contribution is 6.09. The second-order valence-corrected chi connectivity index (χ2v) is 15.7. The normalized spacial score (nSPS) is 11.2. The summed E-state index contributed by atoms with van der Waals surface area (Å²) in [6.45, 7) is 0. The lowest BCUT2D eigenvalue weighted by atomic mass is 9.91. The molecular weight excluding hydrogens is 749 g/mol. The minimum absolute atomic E-state index is 1.09. The Balaban J connectivity index is 0.983. The number of nitrogens with zero attached hydrogens (tertiary/aromatic N) is 2. The molecule has 0 amide bonds. The molecular formula is C60H42N2. The van der Waals surface area contributed by atoms with Crippen molar-refractivity contribution in [1.29, 1.82) is 0 Å². The van der Waals surface area contributed by atoms with Gasteiger partial charge in [-0.3, -0.25) is 0 Å². The third-order valence-corrected chi connectivity index (χ3v) is 12.0. The molecule has 0 bridgehead atoms. The van der Waals surface area contributed by atoms with Crippen molar-refractivity contribution in [2.45, 2.75) is 0 Å². The maximum Gasteiger partial charge on any atom is 0.0541 e. The molecule has 2 nitrogen and oxygen atoms in total. The lowest BCUT2D eigenvalue weighted by Gasteiger charge is -2.26. The minimum Gasteiger partial charge on any atom is -0.311 e. The summed E-state index contributed by atoms with van der Waals surface area (Å²) in [5.74, 6) is 0. The Morgan fingerprint density at radius 2 is 0.613 bits per heavy atom. The maximum atomic E-state index is 2.41. The number of rotatable bonds is 9. The molecule has 0 aliphatic rings. The van der Waals surface area contributed by atoms with Crippen molar-refractivity contribution in [3.05, 3.63) is 255 Å². The fourth-order valence-corrected chi connectivity index (χ4v) is 9.02. The van der Waals surface area contributed by atoms with E-state index < -0.39 is 0 Å². The molecule has 292 valence electrons. The summed E-state index contributed by atoms with van der Waals surface area (Å²) in [5.41, 5.74) is 18.8. The first kappa shape index (κ1) is 36.8. The number of benzene rings is 10. The summed E-state index contributed by atoms with van der Waals surface area (Å²) < 4.78 is 2.41. The molecule has 0 spiro atoms. The Kier molecular flexibility index (Phi) is 9.57. The number of para-hydroxylation sites is 3. The van der Waals surface area contributed by atoms with Crippen molar-refractivity contribution in [2.24, 2.45) is 0 Å². The van der Waals surface area contributed by atoms with E-state index in [9.17, 15) is 0 Å². The zero-order valence-corrected chi connectivity index (χ0v) is 34.1. The van der Waals surface area contributed by atoms with Crippen molar-refractivity contribution in [3.8, 4) is 61.3 Å². The summed E-state index contributed by atoms with van der Waals surface area (Å²) in [7, 11) is 0. The predicted octanol–water partition coefficient (Wildman–Crippen LogP) is 16.6. The fourth-order valence-electron chi connectivity index (χ4n) is 9.02. The van der Waals surface area contributed by atoms with Crippen LogP contribution in [0.3, 0.4) is 0 Å². The summed E-state index contributed by atoms with van der Waals surface area (Å²) in [4.78, 5) is 2.36. The van der Waals surface area contributed by atoms with Crippen LogP contribution >= 0.6 is 0 Å². The minimum atomic E-state index is 1.09. The molecule has 0 N–H and O–H groups in total. The van der Waals surface area contributed by atoms with Gasteiger partial charge in [0.1, 0.15) is 0 Å². The number of anilines is 3. The average Bonchev–Trinajstić information content (AvgIpc) is 3.70. The van der Waals surface area contributed by atoms with Crippen LogP contribution < -0.4 is 4.90 Å². The van der Waals surface area contributed by atoms with Crippen molar-refractivity contribution in [3.63, 3.8) is 0 Å². The van der Waals surface area contributed by atoms with E-state index in [1.54, 1.807) is 0 Å². The Hall–Kier alpha value is -8.20. The molecule has 11 rings (SSSR count). The van der Waals surface area contributed by atoms with Crippen LogP contribution in [0.4, 0.5) is 17.1 Å². The molecule has 62 heavy (non-hydrogen) atoms. The maximum absolute atomic E-state index is 2.41. The van der Waals surface area contributed by atoms with Gasteiger partial charge in [0.2, 0.25) is 0 Å². The van der Waals surface area contributed by atoms with E-state index >= 15 is 0 Å². The van der Waals surface area contributed by atoms with E-state index in [4.69, 9.17) is 0 Å². The van der Waals surface area contributed by atoms with E-state index in [0.29, 0.717) is 0 Å². The number of fused-ring (bicyclic) bond motifs is 3. The fraction of sp³-hybridized carbons (Fsp3) is 0. The number of hydrogen-bond acceptors (Lipinski definition) is 1. The van der Waals surface area contributed by atoms with Gasteiger partial charge in [-0.15, -0.1) is 0 Å². The van der Waals surface area contributed by atoms with Crippen LogP contribution in [0.25, 0.3) is 83.1 Å². The highest BCUT2D eigenvalue weighted by atomic mass is 15.1. The second-order valence-electron chi connectivity index (χ2n) is 15.7. The topological polar surface area (TPSA) is 8.17 Å². The number of hydrogen-bond donors (Lipinski definition) is 0. The van der Waals surface area contributed by atoms with Crippen LogP contribution in [0.5, 0.6) is 0 Å². The van der Waals surface area contributed by atoms with Gasteiger partial charge in [0.25, 0.3) is 0 Å². The molecule has 0 aliphatic carbocycles. The van der Waals surface area contributed by atoms with Gasteiger partial charge in [-0.05, 0) is 111 Å². The molecule has 1 aromatic heterocycles. The molecule has 0 saturated carbocycles. The Bertz CT molecular complexity index is 3240. The summed E-state index contributed by atoms with van der Waals surface area (Å²) in [6.07, 6.45) is 0. The Morgan fingerprint density at radius 3 is 1.16 bits per heavy atom. The van der Waals surface area contributed by atoms with E-state index in [1.165, 1.54) is 71.9 Å². The third kappa shape index (κ3) is 6.84. The van der Waals surface area contributed by atoms with E-state index in [0.717, 1.165) is 28.3 Å². The van der Waals surface area contributed by atoms with Crippen LogP contribution in [-0.2, 0) is 0 Å². The first-order valence-corrected chi connectivity index (χ1v) is 21.3. The van der Waals surface area contributed by atoms with Gasteiger partial charge in [-0.1, -0.05) is 194 Å². The molecule has 0 radical (unpaired) electrons. The Labute approximate surface area is 362 Å². The van der Waals surface area contributed by atoms with Crippen LogP contribution in [0.2, 0.25) is 0 Å². The standard InChI is InChI=1S/C60H42N2/c1-4-16-43(17-5-1)44-28-35-50(36-29-44)61(51-37-30-45(31-38-51)49-34-41-53(46-18-6-2-7-19-46)57(42-49)47-20-8-3-9-21-47)52-39-32-48(33-40-52)54-22-10-13-25-58(54)62-59-26-14-11-23-55(59)56-24-12-15-27-60(56)62/h1-42H. The summed E-state index contributed by atoms with van der Waals surface area (Å²) >= 11 is 0. The molecule has 0 atom stereocenters. The van der Waals surface area contributed by atoms with Crippen LogP contribution in [0.15, 0.2) is 255 Å². The predicted molar refractivity (Wildman–Crippen MR) is 263 cm³/mol. The summed E-state index contributed by atoms with van der Waals surface area (Å²) in [6, 6.07) is 91.9. The van der Waals surface area contributed by atoms with Crippen molar-refractivity contribution in [1.82, 2.24) is 4.57 Å². The van der Waals surface area contributed by atoms with Crippen molar-refractivity contribution < 1.29 is 0 Å². The molecule has 2 heteroatoms. The van der Waals surface area contributed by atoms with Crippen molar-refractivity contribution in [2.75, 3.05) is 4.90 Å².